The van der Waals surface area contributed by atoms with Crippen LogP contribution in [0.25, 0.3) is 0 Å². The molecule has 0 atom stereocenters. The van der Waals surface area contributed by atoms with Gasteiger partial charge in [-0.1, -0.05) is 18.2 Å². The van der Waals surface area contributed by atoms with Gasteiger partial charge in [-0.3, -0.25) is 0 Å². The second-order valence-electron chi connectivity index (χ2n) is 5.40. The summed E-state index contributed by atoms with van der Waals surface area (Å²) in [6.45, 7) is 8.10. The SMILES string of the molecule is c1cc2c(cc1CCCN1CCNCC1)CNC2. The second-order valence-corrected chi connectivity index (χ2v) is 5.40. The van der Waals surface area contributed by atoms with Crippen LogP contribution in [0.2, 0.25) is 0 Å². The molecule has 0 bridgehead atoms. The molecule has 0 saturated carbocycles. The molecule has 0 spiro atoms. The summed E-state index contributed by atoms with van der Waals surface area (Å²) in [5.74, 6) is 0. The average Bonchev–Trinajstić information content (AvgIpc) is 2.87. The molecule has 2 aliphatic heterocycles. The number of hydrogen-bond acceptors (Lipinski definition) is 3. The van der Waals surface area contributed by atoms with Crippen molar-refractivity contribution in [3.05, 3.63) is 34.9 Å². The molecule has 1 fully saturated rings. The third-order valence-corrected chi connectivity index (χ3v) is 4.05. The Balaban J connectivity index is 1.48. The van der Waals surface area contributed by atoms with Crippen molar-refractivity contribution in [2.24, 2.45) is 0 Å². The topological polar surface area (TPSA) is 27.3 Å². The number of aryl methyl sites for hydroxylation is 1. The molecule has 3 nitrogen and oxygen atoms in total. The van der Waals surface area contributed by atoms with Crippen LogP contribution >= 0.6 is 0 Å². The first-order chi connectivity index (χ1) is 8.92. The molecule has 0 unspecified atom stereocenters. The Labute approximate surface area is 110 Å². The van der Waals surface area contributed by atoms with Crippen LogP contribution in [0.3, 0.4) is 0 Å². The van der Waals surface area contributed by atoms with Crippen molar-refractivity contribution in [2.45, 2.75) is 25.9 Å². The lowest BCUT2D eigenvalue weighted by Gasteiger charge is -2.27. The van der Waals surface area contributed by atoms with Gasteiger partial charge in [-0.25, -0.2) is 0 Å². The van der Waals surface area contributed by atoms with Crippen molar-refractivity contribution >= 4 is 0 Å². The van der Waals surface area contributed by atoms with Crippen LogP contribution in [0.5, 0.6) is 0 Å². The Kier molecular flexibility index (Phi) is 3.93. The zero-order valence-electron chi connectivity index (χ0n) is 11.0. The van der Waals surface area contributed by atoms with Gasteiger partial charge in [0.05, 0.1) is 0 Å². The van der Waals surface area contributed by atoms with Crippen LogP contribution in [0, 0.1) is 0 Å². The molecule has 2 aliphatic rings. The summed E-state index contributed by atoms with van der Waals surface area (Å²) in [7, 11) is 0. The van der Waals surface area contributed by atoms with E-state index in [1.165, 1.54) is 49.2 Å². The first-order valence-electron chi connectivity index (χ1n) is 7.16. The second kappa shape index (κ2) is 5.83. The third kappa shape index (κ3) is 2.91. The predicted molar refractivity (Wildman–Crippen MR) is 74.6 cm³/mol. The van der Waals surface area contributed by atoms with E-state index in [1.54, 1.807) is 0 Å². The van der Waals surface area contributed by atoms with E-state index in [-0.39, 0.29) is 0 Å². The predicted octanol–water partition coefficient (Wildman–Crippen LogP) is 1.13. The van der Waals surface area contributed by atoms with Crippen molar-refractivity contribution < 1.29 is 0 Å². The number of benzene rings is 1. The molecule has 0 aliphatic carbocycles. The zero-order chi connectivity index (χ0) is 12.2. The molecule has 2 N–H and O–H groups in total. The van der Waals surface area contributed by atoms with Crippen molar-refractivity contribution in [1.29, 1.82) is 0 Å². The number of nitrogens with one attached hydrogen (secondary N) is 2. The molecule has 98 valence electrons. The first-order valence-corrected chi connectivity index (χ1v) is 7.16. The van der Waals surface area contributed by atoms with E-state index >= 15 is 0 Å². The van der Waals surface area contributed by atoms with Crippen LogP contribution < -0.4 is 10.6 Å². The highest BCUT2D eigenvalue weighted by molar-refractivity contribution is 5.34. The summed E-state index contributed by atoms with van der Waals surface area (Å²) >= 11 is 0. The fourth-order valence-corrected chi connectivity index (χ4v) is 2.95. The number of fused-ring (bicyclic) bond motifs is 1. The van der Waals surface area contributed by atoms with Crippen LogP contribution in [0.4, 0.5) is 0 Å². The maximum Gasteiger partial charge on any atom is 0.0212 e. The molecule has 1 saturated heterocycles. The maximum atomic E-state index is 3.41. The summed E-state index contributed by atoms with van der Waals surface area (Å²) in [6, 6.07) is 7.01. The molecule has 0 radical (unpaired) electrons. The quantitative estimate of drug-likeness (QED) is 0.832. The van der Waals surface area contributed by atoms with Gasteiger partial charge in [0.25, 0.3) is 0 Å². The maximum absolute atomic E-state index is 3.41. The van der Waals surface area contributed by atoms with E-state index in [0.717, 1.165) is 26.2 Å². The molecule has 0 amide bonds. The van der Waals surface area contributed by atoms with Gasteiger partial charge in [-0.05, 0) is 36.1 Å². The first kappa shape index (κ1) is 12.2. The van der Waals surface area contributed by atoms with E-state index < -0.39 is 0 Å². The summed E-state index contributed by atoms with van der Waals surface area (Å²) in [4.78, 5) is 2.57. The molecule has 1 aromatic carbocycles. The van der Waals surface area contributed by atoms with E-state index in [0.29, 0.717) is 0 Å². The average molecular weight is 245 g/mol. The lowest BCUT2D eigenvalue weighted by molar-refractivity contribution is 0.238. The highest BCUT2D eigenvalue weighted by Gasteiger charge is 2.11. The molecule has 18 heavy (non-hydrogen) atoms. The minimum Gasteiger partial charge on any atom is -0.314 e. The fourth-order valence-electron chi connectivity index (χ4n) is 2.95. The minimum atomic E-state index is 1.05. The molecule has 3 heteroatoms. The molecule has 3 rings (SSSR count). The Bertz CT molecular complexity index is 397. The van der Waals surface area contributed by atoms with Crippen molar-refractivity contribution in [1.82, 2.24) is 15.5 Å². The van der Waals surface area contributed by atoms with Gasteiger partial charge in [0.2, 0.25) is 0 Å². The van der Waals surface area contributed by atoms with E-state index in [9.17, 15) is 0 Å². The highest BCUT2D eigenvalue weighted by atomic mass is 15.2. The van der Waals surface area contributed by atoms with E-state index in [1.807, 2.05) is 0 Å². The largest absolute Gasteiger partial charge is 0.314 e. The molecule has 0 aromatic heterocycles. The monoisotopic (exact) mass is 245 g/mol. The Morgan fingerprint density at radius 1 is 1.00 bits per heavy atom. The van der Waals surface area contributed by atoms with Gasteiger partial charge in [0.15, 0.2) is 0 Å². The Morgan fingerprint density at radius 2 is 1.83 bits per heavy atom. The van der Waals surface area contributed by atoms with Crippen molar-refractivity contribution in [2.75, 3.05) is 32.7 Å². The van der Waals surface area contributed by atoms with Crippen LogP contribution in [-0.4, -0.2) is 37.6 Å². The summed E-state index contributed by atoms with van der Waals surface area (Å²) in [6.07, 6.45) is 2.50. The van der Waals surface area contributed by atoms with Gasteiger partial charge in [0, 0.05) is 39.3 Å². The van der Waals surface area contributed by atoms with Crippen LogP contribution in [0.1, 0.15) is 23.1 Å². The molecular weight excluding hydrogens is 222 g/mol. The van der Waals surface area contributed by atoms with Crippen LogP contribution in [-0.2, 0) is 19.5 Å². The minimum absolute atomic E-state index is 1.05. The van der Waals surface area contributed by atoms with Gasteiger partial charge in [0.1, 0.15) is 0 Å². The van der Waals surface area contributed by atoms with Crippen molar-refractivity contribution in [3.8, 4) is 0 Å². The highest BCUT2D eigenvalue weighted by Crippen LogP contribution is 2.18. The van der Waals surface area contributed by atoms with Gasteiger partial charge >= 0.3 is 0 Å². The molecule has 1 aromatic rings. The standard InChI is InChI=1S/C15H23N3/c1(7-18-8-5-16-6-9-18)2-13-3-4-14-11-17-12-15(14)10-13/h3-4,10,16-17H,1-2,5-9,11-12H2. The number of piperazine rings is 1. The van der Waals surface area contributed by atoms with Gasteiger partial charge in [-0.2, -0.15) is 0 Å². The molecular formula is C15H23N3. The van der Waals surface area contributed by atoms with E-state index in [4.69, 9.17) is 0 Å². The van der Waals surface area contributed by atoms with E-state index in [2.05, 4.69) is 33.7 Å². The fraction of sp³-hybridized carbons (Fsp3) is 0.600. The Hall–Kier alpha value is -0.900. The normalized spacial score (nSPS) is 20.0. The van der Waals surface area contributed by atoms with Crippen molar-refractivity contribution in [3.63, 3.8) is 0 Å². The molecule has 2 heterocycles. The number of nitrogens with zero attached hydrogens (tertiary/aromatic N) is 1. The summed E-state index contributed by atoms with van der Waals surface area (Å²) < 4.78 is 0. The Morgan fingerprint density at radius 3 is 2.72 bits per heavy atom. The lowest BCUT2D eigenvalue weighted by atomic mass is 10.0. The lowest BCUT2D eigenvalue weighted by Crippen LogP contribution is -2.43. The number of hydrogen-bond donors (Lipinski definition) is 2. The van der Waals surface area contributed by atoms with Gasteiger partial charge < -0.3 is 15.5 Å². The number of rotatable bonds is 4. The van der Waals surface area contributed by atoms with Crippen LogP contribution in [0.15, 0.2) is 18.2 Å². The zero-order valence-corrected chi connectivity index (χ0v) is 11.0. The smallest absolute Gasteiger partial charge is 0.0212 e. The van der Waals surface area contributed by atoms with Gasteiger partial charge in [-0.15, -0.1) is 0 Å². The summed E-state index contributed by atoms with van der Waals surface area (Å²) in [5.41, 5.74) is 4.50. The summed E-state index contributed by atoms with van der Waals surface area (Å²) in [5, 5.41) is 6.81. The third-order valence-electron chi connectivity index (χ3n) is 4.05.